The lowest BCUT2D eigenvalue weighted by molar-refractivity contribution is 0.624. The predicted octanol–water partition coefficient (Wildman–Crippen LogP) is 2.97. The summed E-state index contributed by atoms with van der Waals surface area (Å²) in [5, 5.41) is 0.936. The van der Waals surface area contributed by atoms with Crippen molar-refractivity contribution in [3.63, 3.8) is 0 Å². The van der Waals surface area contributed by atoms with Gasteiger partial charge in [-0.05, 0) is 35.4 Å². The molecule has 0 spiro atoms. The fourth-order valence-corrected chi connectivity index (χ4v) is 2.30. The summed E-state index contributed by atoms with van der Waals surface area (Å²) in [7, 11) is 0. The van der Waals surface area contributed by atoms with Crippen LogP contribution >= 0.6 is 11.8 Å². The third-order valence-electron chi connectivity index (χ3n) is 2.28. The number of thioether (sulfide) groups is 1. The lowest BCUT2D eigenvalue weighted by atomic mass is 10.1. The molecule has 2 nitrogen and oxygen atoms in total. The minimum Gasteiger partial charge on any atom is -0.326 e. The molecule has 0 aliphatic rings. The molecule has 4 heteroatoms. The summed E-state index contributed by atoms with van der Waals surface area (Å²) in [6.45, 7) is 0.360. The zero-order valence-corrected chi connectivity index (χ0v) is 10.1. The molecule has 2 rings (SSSR count). The van der Waals surface area contributed by atoms with Crippen molar-refractivity contribution >= 4 is 11.8 Å². The summed E-state index contributed by atoms with van der Waals surface area (Å²) in [6.07, 6.45) is 1.75. The van der Waals surface area contributed by atoms with E-state index in [4.69, 9.17) is 5.73 Å². The van der Waals surface area contributed by atoms with Crippen LogP contribution in [0.15, 0.2) is 47.6 Å². The minimum atomic E-state index is -0.232. The van der Waals surface area contributed by atoms with Crippen LogP contribution in [0.4, 0.5) is 4.39 Å². The van der Waals surface area contributed by atoms with Crippen molar-refractivity contribution in [2.45, 2.75) is 17.3 Å². The van der Waals surface area contributed by atoms with Crippen LogP contribution < -0.4 is 5.73 Å². The van der Waals surface area contributed by atoms with Gasteiger partial charge in [0.25, 0.3) is 0 Å². The fourth-order valence-electron chi connectivity index (χ4n) is 1.51. The van der Waals surface area contributed by atoms with Crippen molar-refractivity contribution in [3.8, 4) is 0 Å². The number of rotatable bonds is 4. The smallest absolute Gasteiger partial charge is 0.123 e. The van der Waals surface area contributed by atoms with E-state index in [-0.39, 0.29) is 5.82 Å². The van der Waals surface area contributed by atoms with Gasteiger partial charge >= 0.3 is 0 Å². The zero-order valence-electron chi connectivity index (χ0n) is 9.27. The van der Waals surface area contributed by atoms with Gasteiger partial charge in [-0.15, -0.1) is 11.8 Å². The largest absolute Gasteiger partial charge is 0.326 e. The summed E-state index contributed by atoms with van der Waals surface area (Å²) >= 11 is 1.58. The number of hydrogen-bond donors (Lipinski definition) is 1. The molecule has 1 aromatic carbocycles. The summed E-state index contributed by atoms with van der Waals surface area (Å²) < 4.78 is 13.3. The summed E-state index contributed by atoms with van der Waals surface area (Å²) in [4.78, 5) is 4.20. The first-order valence-electron chi connectivity index (χ1n) is 5.30. The van der Waals surface area contributed by atoms with E-state index in [1.54, 1.807) is 18.0 Å². The van der Waals surface area contributed by atoms with Gasteiger partial charge in [0.15, 0.2) is 0 Å². The summed E-state index contributed by atoms with van der Waals surface area (Å²) in [5.41, 5.74) is 7.26. The number of nitrogens with zero attached hydrogens (tertiary/aromatic N) is 1. The number of halogens is 1. The molecule has 1 aromatic heterocycles. The molecule has 0 unspecified atom stereocenters. The number of nitrogens with two attached hydrogens (primary N) is 1. The van der Waals surface area contributed by atoms with Crippen LogP contribution in [-0.2, 0) is 12.3 Å². The van der Waals surface area contributed by atoms with E-state index < -0.39 is 0 Å². The van der Waals surface area contributed by atoms with Crippen molar-refractivity contribution in [3.05, 3.63) is 59.5 Å². The van der Waals surface area contributed by atoms with E-state index in [1.165, 1.54) is 12.1 Å². The van der Waals surface area contributed by atoms with Gasteiger partial charge in [-0.25, -0.2) is 9.37 Å². The van der Waals surface area contributed by atoms with Crippen LogP contribution in [0.2, 0.25) is 0 Å². The van der Waals surface area contributed by atoms with Crippen LogP contribution in [0.1, 0.15) is 11.1 Å². The molecule has 0 radical (unpaired) electrons. The Morgan fingerprint density at radius 1 is 1.18 bits per heavy atom. The van der Waals surface area contributed by atoms with Gasteiger partial charge in [-0.1, -0.05) is 12.1 Å². The standard InChI is InChI=1S/C13H13FN2S/c14-12-6-10(8-15)5-11(7-12)9-17-13-3-1-2-4-16-13/h1-7H,8-9,15H2. The molecule has 17 heavy (non-hydrogen) atoms. The Bertz CT molecular complexity index is 488. The third-order valence-corrected chi connectivity index (χ3v) is 3.29. The van der Waals surface area contributed by atoms with Crippen molar-refractivity contribution in [1.29, 1.82) is 0 Å². The average Bonchev–Trinajstić information content (AvgIpc) is 2.37. The van der Waals surface area contributed by atoms with Gasteiger partial charge in [-0.3, -0.25) is 0 Å². The van der Waals surface area contributed by atoms with Gasteiger partial charge in [0.05, 0.1) is 5.03 Å². The van der Waals surface area contributed by atoms with Crippen LogP contribution in [0, 0.1) is 5.82 Å². The molecule has 2 N–H and O–H groups in total. The van der Waals surface area contributed by atoms with E-state index in [1.807, 2.05) is 24.3 Å². The monoisotopic (exact) mass is 248 g/mol. The lowest BCUT2D eigenvalue weighted by Gasteiger charge is -2.04. The van der Waals surface area contributed by atoms with Crippen LogP contribution in [0.3, 0.4) is 0 Å². The SMILES string of the molecule is NCc1cc(F)cc(CSc2ccccn2)c1. The third kappa shape index (κ3) is 3.54. The molecule has 0 fully saturated rings. The number of aromatic nitrogens is 1. The lowest BCUT2D eigenvalue weighted by Crippen LogP contribution is -1.98. The molecular formula is C13H13FN2S. The van der Waals surface area contributed by atoms with Crippen molar-refractivity contribution < 1.29 is 4.39 Å². The van der Waals surface area contributed by atoms with Crippen molar-refractivity contribution in [2.24, 2.45) is 5.73 Å². The number of hydrogen-bond acceptors (Lipinski definition) is 3. The number of pyridine rings is 1. The minimum absolute atomic E-state index is 0.232. The molecular weight excluding hydrogens is 235 g/mol. The van der Waals surface area contributed by atoms with Crippen molar-refractivity contribution in [1.82, 2.24) is 4.98 Å². The maximum Gasteiger partial charge on any atom is 0.123 e. The Morgan fingerprint density at radius 3 is 2.71 bits per heavy atom. The van der Waals surface area contributed by atoms with Crippen molar-refractivity contribution in [2.75, 3.05) is 0 Å². The average molecular weight is 248 g/mol. The maximum absolute atomic E-state index is 13.3. The predicted molar refractivity (Wildman–Crippen MR) is 68.1 cm³/mol. The molecule has 88 valence electrons. The quantitative estimate of drug-likeness (QED) is 0.845. The normalized spacial score (nSPS) is 10.5. The highest BCUT2D eigenvalue weighted by molar-refractivity contribution is 7.98. The molecule has 0 aliphatic heterocycles. The molecule has 1 heterocycles. The van der Waals surface area contributed by atoms with Gasteiger partial charge in [0.2, 0.25) is 0 Å². The molecule has 0 saturated heterocycles. The molecule has 0 aliphatic carbocycles. The second-order valence-electron chi connectivity index (χ2n) is 3.63. The van der Waals surface area contributed by atoms with Gasteiger partial charge in [-0.2, -0.15) is 0 Å². The summed E-state index contributed by atoms with van der Waals surface area (Å²) in [6, 6.07) is 10.7. The second-order valence-corrected chi connectivity index (χ2v) is 4.62. The molecule has 0 amide bonds. The van der Waals surface area contributed by atoms with Gasteiger partial charge in [0, 0.05) is 18.5 Å². The fraction of sp³-hybridized carbons (Fsp3) is 0.154. The number of benzene rings is 1. The van der Waals surface area contributed by atoms with E-state index in [2.05, 4.69) is 4.98 Å². The molecule has 2 aromatic rings. The van der Waals surface area contributed by atoms with Crippen LogP contribution in [0.5, 0.6) is 0 Å². The highest BCUT2D eigenvalue weighted by Crippen LogP contribution is 2.21. The van der Waals surface area contributed by atoms with Crippen LogP contribution in [0.25, 0.3) is 0 Å². The molecule has 0 saturated carbocycles. The first-order chi connectivity index (χ1) is 8.28. The first-order valence-corrected chi connectivity index (χ1v) is 6.29. The highest BCUT2D eigenvalue weighted by Gasteiger charge is 2.01. The Hall–Kier alpha value is -1.39. The molecule has 0 bridgehead atoms. The maximum atomic E-state index is 13.3. The van der Waals surface area contributed by atoms with Crippen LogP contribution in [-0.4, -0.2) is 4.98 Å². The Morgan fingerprint density at radius 2 is 2.00 bits per heavy atom. The van der Waals surface area contributed by atoms with E-state index >= 15 is 0 Å². The Labute approximate surface area is 104 Å². The van der Waals surface area contributed by atoms with E-state index in [0.717, 1.165) is 16.2 Å². The Kier molecular flexibility index (Phi) is 4.12. The van der Waals surface area contributed by atoms with Gasteiger partial charge in [0.1, 0.15) is 5.82 Å². The topological polar surface area (TPSA) is 38.9 Å². The zero-order chi connectivity index (χ0) is 12.1. The highest BCUT2D eigenvalue weighted by atomic mass is 32.2. The van der Waals surface area contributed by atoms with E-state index in [9.17, 15) is 4.39 Å². The van der Waals surface area contributed by atoms with E-state index in [0.29, 0.717) is 12.3 Å². The summed E-state index contributed by atoms with van der Waals surface area (Å²) in [5.74, 6) is 0.464. The Balaban J connectivity index is 2.06. The first kappa shape index (κ1) is 12.1. The van der Waals surface area contributed by atoms with Gasteiger partial charge < -0.3 is 5.73 Å². The second kappa shape index (κ2) is 5.80. The molecule has 0 atom stereocenters.